The van der Waals surface area contributed by atoms with Gasteiger partial charge in [-0.15, -0.1) is 0 Å². The smallest absolute Gasteiger partial charge is 0.423 e. The van der Waals surface area contributed by atoms with E-state index in [1.807, 2.05) is 12.1 Å². The Balaban J connectivity index is 2.35. The number of benzene rings is 1. The zero-order valence-corrected chi connectivity index (χ0v) is 7.33. The van der Waals surface area contributed by atoms with Crippen LogP contribution >= 0.6 is 0 Å². The Kier molecular flexibility index (Phi) is 2.35. The third-order valence-corrected chi connectivity index (χ3v) is 2.42. The normalized spacial score (nSPS) is 15.2. The van der Waals surface area contributed by atoms with Gasteiger partial charge in [0.1, 0.15) is 0 Å². The summed E-state index contributed by atoms with van der Waals surface area (Å²) in [5, 5.41) is 21.2. The summed E-state index contributed by atoms with van der Waals surface area (Å²) in [7, 11) is -1.35. The fraction of sp³-hybridized carbons (Fsp3) is 0.333. The summed E-state index contributed by atoms with van der Waals surface area (Å²) in [6.45, 7) is 1.86. The van der Waals surface area contributed by atoms with Crippen LogP contribution in [0.2, 0.25) is 0 Å². The Morgan fingerprint density at radius 3 is 2.85 bits per heavy atom. The molecule has 2 rings (SSSR count). The summed E-state index contributed by atoms with van der Waals surface area (Å²) in [6, 6.07) is 5.59. The minimum atomic E-state index is -1.35. The first-order valence-corrected chi connectivity index (χ1v) is 4.46. The summed E-state index contributed by atoms with van der Waals surface area (Å²) >= 11 is 0. The van der Waals surface area contributed by atoms with Crippen LogP contribution in [-0.2, 0) is 13.0 Å². The molecule has 1 aromatic carbocycles. The largest absolute Gasteiger partial charge is 0.488 e. The van der Waals surface area contributed by atoms with E-state index in [9.17, 15) is 0 Å². The van der Waals surface area contributed by atoms with E-state index < -0.39 is 7.12 Å². The van der Waals surface area contributed by atoms with E-state index in [0.29, 0.717) is 5.46 Å². The molecule has 0 spiro atoms. The van der Waals surface area contributed by atoms with E-state index >= 15 is 0 Å². The SMILES string of the molecule is OB(O)c1ccc2c(c1)CCNC2. The van der Waals surface area contributed by atoms with Crippen LogP contribution in [0.5, 0.6) is 0 Å². The Morgan fingerprint density at radius 1 is 1.23 bits per heavy atom. The molecule has 68 valence electrons. The van der Waals surface area contributed by atoms with Crippen molar-refractivity contribution in [2.75, 3.05) is 6.54 Å². The van der Waals surface area contributed by atoms with Gasteiger partial charge >= 0.3 is 7.12 Å². The number of hydrogen-bond donors (Lipinski definition) is 3. The molecule has 3 N–H and O–H groups in total. The van der Waals surface area contributed by atoms with Crippen molar-refractivity contribution < 1.29 is 10.0 Å². The lowest BCUT2D eigenvalue weighted by atomic mass is 9.78. The lowest BCUT2D eigenvalue weighted by Crippen LogP contribution is -2.32. The van der Waals surface area contributed by atoms with Gasteiger partial charge in [-0.25, -0.2) is 0 Å². The average molecular weight is 177 g/mol. The molecule has 0 saturated carbocycles. The molecule has 0 fully saturated rings. The average Bonchev–Trinajstić information content (AvgIpc) is 2.17. The molecular formula is C9H12BNO2. The van der Waals surface area contributed by atoms with Crippen molar-refractivity contribution in [2.45, 2.75) is 13.0 Å². The molecule has 1 aromatic rings. The molecule has 0 atom stereocenters. The maximum Gasteiger partial charge on any atom is 0.488 e. The molecule has 0 aromatic heterocycles. The minimum absolute atomic E-state index is 0.584. The topological polar surface area (TPSA) is 52.5 Å². The molecular weight excluding hydrogens is 165 g/mol. The summed E-state index contributed by atoms with van der Waals surface area (Å²) in [5.74, 6) is 0. The second-order valence-electron chi connectivity index (χ2n) is 3.33. The highest BCUT2D eigenvalue weighted by atomic mass is 16.4. The Labute approximate surface area is 77.6 Å². The highest BCUT2D eigenvalue weighted by Gasteiger charge is 2.14. The second-order valence-corrected chi connectivity index (χ2v) is 3.33. The summed E-state index contributed by atoms with van der Waals surface area (Å²) in [4.78, 5) is 0. The van der Waals surface area contributed by atoms with Crippen LogP contribution in [-0.4, -0.2) is 23.7 Å². The predicted octanol–water partition coefficient (Wildman–Crippen LogP) is -0.988. The molecule has 3 nitrogen and oxygen atoms in total. The number of hydrogen-bond acceptors (Lipinski definition) is 3. The van der Waals surface area contributed by atoms with Crippen molar-refractivity contribution in [1.82, 2.24) is 5.32 Å². The molecule has 0 bridgehead atoms. The molecule has 1 heterocycles. The molecule has 0 aliphatic carbocycles. The second kappa shape index (κ2) is 3.50. The van der Waals surface area contributed by atoms with Crippen LogP contribution in [0.3, 0.4) is 0 Å². The van der Waals surface area contributed by atoms with Gasteiger partial charge in [0.15, 0.2) is 0 Å². The first kappa shape index (κ1) is 8.75. The third kappa shape index (κ3) is 1.75. The molecule has 13 heavy (non-hydrogen) atoms. The van der Waals surface area contributed by atoms with Gasteiger partial charge in [-0.05, 0) is 29.6 Å². The van der Waals surface area contributed by atoms with Gasteiger partial charge in [-0.1, -0.05) is 18.2 Å². The summed E-state index contributed by atoms with van der Waals surface area (Å²) < 4.78 is 0. The lowest BCUT2D eigenvalue weighted by Gasteiger charge is -2.17. The van der Waals surface area contributed by atoms with E-state index in [1.54, 1.807) is 6.07 Å². The van der Waals surface area contributed by atoms with Crippen molar-refractivity contribution >= 4 is 12.6 Å². The van der Waals surface area contributed by atoms with E-state index in [4.69, 9.17) is 10.0 Å². The molecule has 1 aliphatic heterocycles. The van der Waals surface area contributed by atoms with Crippen LogP contribution in [0, 0.1) is 0 Å². The molecule has 0 radical (unpaired) electrons. The fourth-order valence-corrected chi connectivity index (χ4v) is 1.66. The van der Waals surface area contributed by atoms with Gasteiger partial charge in [0.05, 0.1) is 0 Å². The molecule has 4 heteroatoms. The van der Waals surface area contributed by atoms with Gasteiger partial charge in [-0.3, -0.25) is 0 Å². The van der Waals surface area contributed by atoms with Crippen molar-refractivity contribution in [1.29, 1.82) is 0 Å². The molecule has 1 aliphatic rings. The fourth-order valence-electron chi connectivity index (χ4n) is 1.66. The molecule has 0 saturated heterocycles. The van der Waals surface area contributed by atoms with Crippen LogP contribution in [0.25, 0.3) is 0 Å². The van der Waals surface area contributed by atoms with E-state index in [0.717, 1.165) is 19.5 Å². The maximum atomic E-state index is 8.97. The van der Waals surface area contributed by atoms with Gasteiger partial charge in [0, 0.05) is 6.54 Å². The van der Waals surface area contributed by atoms with Gasteiger partial charge in [0.25, 0.3) is 0 Å². The quantitative estimate of drug-likeness (QED) is 0.483. The lowest BCUT2D eigenvalue weighted by molar-refractivity contribution is 0.425. The monoisotopic (exact) mass is 177 g/mol. The van der Waals surface area contributed by atoms with Gasteiger partial charge < -0.3 is 15.4 Å². The van der Waals surface area contributed by atoms with E-state index in [2.05, 4.69) is 5.32 Å². The molecule has 0 unspecified atom stereocenters. The predicted molar refractivity (Wildman–Crippen MR) is 51.7 cm³/mol. The van der Waals surface area contributed by atoms with Crippen LogP contribution in [0.1, 0.15) is 11.1 Å². The van der Waals surface area contributed by atoms with Crippen molar-refractivity contribution in [3.05, 3.63) is 29.3 Å². The summed E-state index contributed by atoms with van der Waals surface area (Å²) in [5.41, 5.74) is 3.07. The first-order valence-electron chi connectivity index (χ1n) is 4.46. The van der Waals surface area contributed by atoms with E-state index in [1.165, 1.54) is 11.1 Å². The van der Waals surface area contributed by atoms with E-state index in [-0.39, 0.29) is 0 Å². The Morgan fingerprint density at radius 2 is 2.08 bits per heavy atom. The number of rotatable bonds is 1. The van der Waals surface area contributed by atoms with Crippen LogP contribution in [0.4, 0.5) is 0 Å². The van der Waals surface area contributed by atoms with Crippen molar-refractivity contribution in [3.8, 4) is 0 Å². The zero-order valence-electron chi connectivity index (χ0n) is 7.33. The van der Waals surface area contributed by atoms with Crippen molar-refractivity contribution in [2.24, 2.45) is 0 Å². The maximum absolute atomic E-state index is 8.97. The number of fused-ring (bicyclic) bond motifs is 1. The first-order chi connectivity index (χ1) is 6.27. The van der Waals surface area contributed by atoms with Crippen LogP contribution in [0.15, 0.2) is 18.2 Å². The minimum Gasteiger partial charge on any atom is -0.423 e. The van der Waals surface area contributed by atoms with Gasteiger partial charge in [0.2, 0.25) is 0 Å². The van der Waals surface area contributed by atoms with Gasteiger partial charge in [-0.2, -0.15) is 0 Å². The zero-order chi connectivity index (χ0) is 9.26. The highest BCUT2D eigenvalue weighted by molar-refractivity contribution is 6.58. The van der Waals surface area contributed by atoms with Crippen LogP contribution < -0.4 is 10.8 Å². The Bertz CT molecular complexity index is 314. The number of nitrogens with one attached hydrogen (secondary N) is 1. The third-order valence-electron chi connectivity index (χ3n) is 2.42. The summed E-state index contributed by atoms with van der Waals surface area (Å²) in [6.07, 6.45) is 0.968. The standard InChI is InChI=1S/C9H12BNO2/c12-10(13)9-2-1-8-6-11-4-3-7(8)5-9/h1-2,5,11-13H,3-4,6H2. The highest BCUT2D eigenvalue weighted by Crippen LogP contribution is 2.11. The van der Waals surface area contributed by atoms with Crippen molar-refractivity contribution in [3.63, 3.8) is 0 Å². The Hall–Kier alpha value is -0.835. The molecule has 0 amide bonds.